The summed E-state index contributed by atoms with van der Waals surface area (Å²) in [5, 5.41) is 0. The maximum atomic E-state index is 12.4. The predicted octanol–water partition coefficient (Wildman–Crippen LogP) is 1.87. The van der Waals surface area contributed by atoms with Crippen LogP contribution in [0.3, 0.4) is 0 Å². The smallest absolute Gasteiger partial charge is 0.320 e. The number of primary amides is 1. The van der Waals surface area contributed by atoms with Crippen LogP contribution >= 0.6 is 0 Å². The van der Waals surface area contributed by atoms with E-state index in [1.54, 1.807) is 0 Å². The van der Waals surface area contributed by atoms with E-state index in [1.165, 1.54) is 10.5 Å². The molecule has 0 aromatic heterocycles. The SMILES string of the molecule is CCN(CC(N)=O)C(=O)N1CCC(Cc2ccccc2)CC1. The standard InChI is InChI=1S/C17H25N3O2/c1-2-19(13-16(18)21)17(22)20-10-8-15(9-11-20)12-14-6-4-3-5-7-14/h3-7,15H,2,8-13H2,1H3,(H2,18,21). The largest absolute Gasteiger partial charge is 0.368 e. The number of benzene rings is 1. The van der Waals surface area contributed by atoms with Crippen LogP contribution in [0.25, 0.3) is 0 Å². The van der Waals surface area contributed by atoms with Crippen molar-refractivity contribution in [2.75, 3.05) is 26.2 Å². The lowest BCUT2D eigenvalue weighted by Gasteiger charge is -2.35. The highest BCUT2D eigenvalue weighted by Gasteiger charge is 2.26. The summed E-state index contributed by atoms with van der Waals surface area (Å²) in [6.07, 6.45) is 3.09. The van der Waals surface area contributed by atoms with Gasteiger partial charge in [0.25, 0.3) is 0 Å². The molecule has 0 saturated carbocycles. The Morgan fingerprint density at radius 2 is 1.86 bits per heavy atom. The summed E-state index contributed by atoms with van der Waals surface area (Å²) in [4.78, 5) is 26.7. The summed E-state index contributed by atoms with van der Waals surface area (Å²) in [6.45, 7) is 3.88. The Morgan fingerprint density at radius 3 is 2.41 bits per heavy atom. The fraction of sp³-hybridized carbons (Fsp3) is 0.529. The molecule has 22 heavy (non-hydrogen) atoms. The molecule has 0 unspecified atom stereocenters. The molecular formula is C17H25N3O2. The second-order valence-corrected chi connectivity index (χ2v) is 5.88. The normalized spacial score (nSPS) is 15.6. The Hall–Kier alpha value is -2.04. The summed E-state index contributed by atoms with van der Waals surface area (Å²) >= 11 is 0. The van der Waals surface area contributed by atoms with Crippen LogP contribution in [0.2, 0.25) is 0 Å². The molecule has 1 aliphatic rings. The van der Waals surface area contributed by atoms with Gasteiger partial charge < -0.3 is 15.5 Å². The van der Waals surface area contributed by atoms with E-state index in [2.05, 4.69) is 24.3 Å². The average molecular weight is 303 g/mol. The first kappa shape index (κ1) is 16.3. The van der Waals surface area contributed by atoms with Crippen molar-refractivity contribution >= 4 is 11.9 Å². The number of piperidine rings is 1. The number of hydrogen-bond acceptors (Lipinski definition) is 2. The van der Waals surface area contributed by atoms with Gasteiger partial charge in [0.05, 0.1) is 0 Å². The zero-order valence-corrected chi connectivity index (χ0v) is 13.2. The van der Waals surface area contributed by atoms with Gasteiger partial charge in [0.15, 0.2) is 0 Å². The molecule has 1 aliphatic heterocycles. The van der Waals surface area contributed by atoms with Gasteiger partial charge >= 0.3 is 6.03 Å². The number of likely N-dealkylation sites (N-methyl/N-ethyl adjacent to an activating group) is 1. The van der Waals surface area contributed by atoms with Gasteiger partial charge in [0.2, 0.25) is 5.91 Å². The molecule has 2 rings (SSSR count). The van der Waals surface area contributed by atoms with Crippen LogP contribution in [0, 0.1) is 5.92 Å². The number of carbonyl (C=O) groups is 2. The molecule has 0 atom stereocenters. The van der Waals surface area contributed by atoms with Crippen molar-refractivity contribution in [3.8, 4) is 0 Å². The minimum atomic E-state index is -0.464. The molecule has 1 aromatic rings. The first-order valence-electron chi connectivity index (χ1n) is 7.96. The van der Waals surface area contributed by atoms with E-state index in [9.17, 15) is 9.59 Å². The maximum absolute atomic E-state index is 12.4. The minimum absolute atomic E-state index is 0.000717. The number of hydrogen-bond donors (Lipinski definition) is 1. The molecule has 1 heterocycles. The van der Waals surface area contributed by atoms with Gasteiger partial charge in [0, 0.05) is 19.6 Å². The zero-order chi connectivity index (χ0) is 15.9. The lowest BCUT2D eigenvalue weighted by Crippen LogP contribution is -2.49. The molecule has 5 nitrogen and oxygen atoms in total. The number of likely N-dealkylation sites (tertiary alicyclic amines) is 1. The summed E-state index contributed by atoms with van der Waals surface area (Å²) in [5.41, 5.74) is 6.55. The highest BCUT2D eigenvalue weighted by atomic mass is 16.2. The topological polar surface area (TPSA) is 66.6 Å². The van der Waals surface area contributed by atoms with Gasteiger partial charge in [0.1, 0.15) is 6.54 Å². The summed E-state index contributed by atoms with van der Waals surface area (Å²) < 4.78 is 0. The Bertz CT molecular complexity index is 496. The number of nitrogens with two attached hydrogens (primary N) is 1. The molecule has 2 N–H and O–H groups in total. The van der Waals surface area contributed by atoms with E-state index in [0.717, 1.165) is 32.4 Å². The van der Waals surface area contributed by atoms with Gasteiger partial charge in [-0.25, -0.2) is 4.79 Å². The average Bonchev–Trinajstić information content (AvgIpc) is 2.53. The van der Waals surface area contributed by atoms with Crippen molar-refractivity contribution in [2.45, 2.75) is 26.2 Å². The predicted molar refractivity (Wildman–Crippen MR) is 86.3 cm³/mol. The fourth-order valence-electron chi connectivity index (χ4n) is 2.98. The monoisotopic (exact) mass is 303 g/mol. The first-order valence-corrected chi connectivity index (χ1v) is 7.96. The van der Waals surface area contributed by atoms with Gasteiger partial charge in [-0.2, -0.15) is 0 Å². The summed E-state index contributed by atoms with van der Waals surface area (Å²) in [7, 11) is 0. The van der Waals surface area contributed by atoms with E-state index >= 15 is 0 Å². The van der Waals surface area contributed by atoms with Crippen molar-refractivity contribution < 1.29 is 9.59 Å². The Labute approximate surface area is 132 Å². The minimum Gasteiger partial charge on any atom is -0.368 e. The third kappa shape index (κ3) is 4.48. The maximum Gasteiger partial charge on any atom is 0.320 e. The second kappa shape index (κ2) is 7.82. The van der Waals surface area contributed by atoms with Crippen LogP contribution < -0.4 is 5.73 Å². The highest BCUT2D eigenvalue weighted by Crippen LogP contribution is 2.22. The fourth-order valence-corrected chi connectivity index (χ4v) is 2.98. The molecule has 5 heteroatoms. The Morgan fingerprint density at radius 1 is 1.23 bits per heavy atom. The number of urea groups is 1. The second-order valence-electron chi connectivity index (χ2n) is 5.88. The van der Waals surface area contributed by atoms with Gasteiger partial charge in [-0.3, -0.25) is 4.79 Å². The van der Waals surface area contributed by atoms with Crippen molar-refractivity contribution in [1.82, 2.24) is 9.80 Å². The highest BCUT2D eigenvalue weighted by molar-refractivity contribution is 5.83. The Balaban J connectivity index is 1.83. The number of rotatable bonds is 5. The summed E-state index contributed by atoms with van der Waals surface area (Å²) in [5.74, 6) is 0.159. The van der Waals surface area contributed by atoms with Gasteiger partial charge in [-0.1, -0.05) is 30.3 Å². The number of nitrogens with zero attached hydrogens (tertiary/aromatic N) is 2. The summed E-state index contributed by atoms with van der Waals surface area (Å²) in [6, 6.07) is 10.4. The third-order valence-corrected chi connectivity index (χ3v) is 4.25. The lowest BCUT2D eigenvalue weighted by molar-refractivity contribution is -0.118. The van der Waals surface area contributed by atoms with Crippen molar-refractivity contribution in [3.05, 3.63) is 35.9 Å². The van der Waals surface area contributed by atoms with Crippen molar-refractivity contribution in [2.24, 2.45) is 11.7 Å². The van der Waals surface area contributed by atoms with Crippen molar-refractivity contribution in [3.63, 3.8) is 0 Å². The van der Waals surface area contributed by atoms with Crippen LogP contribution in [-0.2, 0) is 11.2 Å². The van der Waals surface area contributed by atoms with E-state index in [-0.39, 0.29) is 12.6 Å². The Kier molecular flexibility index (Phi) is 5.81. The molecular weight excluding hydrogens is 278 g/mol. The van der Waals surface area contributed by atoms with Crippen LogP contribution in [0.5, 0.6) is 0 Å². The number of carbonyl (C=O) groups excluding carboxylic acids is 2. The first-order chi connectivity index (χ1) is 10.6. The zero-order valence-electron chi connectivity index (χ0n) is 13.2. The lowest BCUT2D eigenvalue weighted by atomic mass is 9.90. The van der Waals surface area contributed by atoms with E-state index < -0.39 is 5.91 Å². The van der Waals surface area contributed by atoms with Crippen LogP contribution in [0.1, 0.15) is 25.3 Å². The quantitative estimate of drug-likeness (QED) is 0.902. The molecule has 120 valence electrons. The van der Waals surface area contributed by atoms with E-state index in [1.807, 2.05) is 17.9 Å². The third-order valence-electron chi connectivity index (χ3n) is 4.25. The molecule has 0 spiro atoms. The molecule has 0 aliphatic carbocycles. The van der Waals surface area contributed by atoms with E-state index in [4.69, 9.17) is 5.73 Å². The van der Waals surface area contributed by atoms with Crippen LogP contribution in [0.15, 0.2) is 30.3 Å². The molecule has 1 aromatic carbocycles. The van der Waals surface area contributed by atoms with Crippen molar-refractivity contribution in [1.29, 1.82) is 0 Å². The molecule has 1 saturated heterocycles. The molecule has 3 amide bonds. The van der Waals surface area contributed by atoms with Gasteiger partial charge in [-0.05, 0) is 37.7 Å². The van der Waals surface area contributed by atoms with Crippen LogP contribution in [0.4, 0.5) is 4.79 Å². The van der Waals surface area contributed by atoms with E-state index in [0.29, 0.717) is 12.5 Å². The molecule has 1 fully saturated rings. The number of amides is 3. The van der Waals surface area contributed by atoms with Gasteiger partial charge in [-0.15, -0.1) is 0 Å². The van der Waals surface area contributed by atoms with Crippen LogP contribution in [-0.4, -0.2) is 47.9 Å². The molecule has 0 bridgehead atoms. The molecule has 0 radical (unpaired) electrons.